The number of hydrogen-bond acceptors (Lipinski definition) is 15. The standard InChI is InChI=1S/C47H58N2O14/c1-26-31(61-43(57)37(54)36(29-17-11-8-12-18-29)49-34(53)21-15-10-16-22-48-7)24-47(58)41(62-42(56)30-19-13-9-14-20-30)39-45(6,32(52)23-33-46(39,25-59-33)63-28(3)51)40(55)38(60-27(2)50)35(26)44(47,4)5/h8-9,11-14,17-20,22,31-33,36-39,41,52,54,58H,10,15-16,21,23-25H2,1-7H3,(H,49,53)/t31?,32-,33+,36?,37+,38+,39-,41-,45+,46-,47+/m0/s1. The number of fused-ring (bicyclic) bond motifs is 5. The van der Waals surface area contributed by atoms with Gasteiger partial charge in [0.1, 0.15) is 23.9 Å². The van der Waals surface area contributed by atoms with Gasteiger partial charge in [0.2, 0.25) is 5.91 Å². The molecular formula is C47H58N2O14. The topological polar surface area (TPSA) is 234 Å². The van der Waals surface area contributed by atoms with Gasteiger partial charge >= 0.3 is 23.9 Å². The Kier molecular flexibility index (Phi) is 13.8. The maximum atomic E-state index is 15.5. The van der Waals surface area contributed by atoms with Crippen LogP contribution in [0.3, 0.4) is 0 Å². The van der Waals surface area contributed by atoms with Crippen molar-refractivity contribution in [3.8, 4) is 0 Å². The summed E-state index contributed by atoms with van der Waals surface area (Å²) in [6.45, 7) is 8.01. The summed E-state index contributed by atoms with van der Waals surface area (Å²) in [6, 6.07) is 14.9. The van der Waals surface area contributed by atoms with Gasteiger partial charge < -0.3 is 49.3 Å². The second-order valence-electron chi connectivity index (χ2n) is 17.8. The van der Waals surface area contributed by atoms with Crippen LogP contribution in [-0.4, -0.2) is 119 Å². The lowest BCUT2D eigenvalue weighted by atomic mass is 9.44. The summed E-state index contributed by atoms with van der Waals surface area (Å²) in [5.41, 5.74) is -7.19. The van der Waals surface area contributed by atoms with Crippen molar-refractivity contribution < 1.29 is 67.8 Å². The zero-order valence-electron chi connectivity index (χ0n) is 36.7. The Balaban J connectivity index is 1.49. The fraction of sp³-hybridized carbons (Fsp3) is 0.553. The largest absolute Gasteiger partial charge is 0.456 e. The third-order valence-electron chi connectivity index (χ3n) is 13.6. The van der Waals surface area contributed by atoms with Crippen molar-refractivity contribution >= 4 is 41.8 Å². The molecule has 1 heterocycles. The highest BCUT2D eigenvalue weighted by Crippen LogP contribution is 2.64. The number of unbranched alkanes of at least 4 members (excludes halogenated alkanes) is 2. The van der Waals surface area contributed by atoms with E-state index < -0.39 is 113 Å². The third kappa shape index (κ3) is 8.57. The Hall–Kier alpha value is -5.29. The van der Waals surface area contributed by atoms with Gasteiger partial charge in [-0.1, -0.05) is 62.4 Å². The molecule has 6 rings (SSSR count). The molecule has 0 spiro atoms. The van der Waals surface area contributed by atoms with E-state index in [2.05, 4.69) is 10.3 Å². The van der Waals surface area contributed by atoms with E-state index in [-0.39, 0.29) is 36.2 Å². The van der Waals surface area contributed by atoms with E-state index in [1.54, 1.807) is 75.6 Å². The summed E-state index contributed by atoms with van der Waals surface area (Å²) < 4.78 is 30.3. The Morgan fingerprint density at radius 1 is 0.952 bits per heavy atom. The molecule has 2 aromatic rings. The van der Waals surface area contributed by atoms with Crippen LogP contribution in [0.25, 0.3) is 0 Å². The first-order chi connectivity index (χ1) is 29.7. The molecule has 1 saturated heterocycles. The van der Waals surface area contributed by atoms with Crippen molar-refractivity contribution in [2.45, 2.75) is 134 Å². The molecule has 16 nitrogen and oxygen atoms in total. The highest BCUT2D eigenvalue weighted by atomic mass is 16.6. The molecule has 2 unspecified atom stereocenters. The van der Waals surface area contributed by atoms with E-state index in [0.717, 1.165) is 13.8 Å². The molecule has 4 aliphatic rings. The lowest BCUT2D eigenvalue weighted by Gasteiger charge is -2.67. The second kappa shape index (κ2) is 18.4. The molecule has 3 fully saturated rings. The first-order valence-electron chi connectivity index (χ1n) is 21.3. The Bertz CT molecular complexity index is 2140. The minimum Gasteiger partial charge on any atom is -0.456 e. The predicted molar refractivity (Wildman–Crippen MR) is 225 cm³/mol. The Morgan fingerprint density at radius 2 is 1.60 bits per heavy atom. The van der Waals surface area contributed by atoms with Crippen LogP contribution >= 0.6 is 0 Å². The maximum absolute atomic E-state index is 15.5. The van der Waals surface area contributed by atoms with Gasteiger partial charge in [0.25, 0.3) is 0 Å². The number of aliphatic hydroxyl groups excluding tert-OH is 2. The van der Waals surface area contributed by atoms with Crippen molar-refractivity contribution in [2.24, 2.45) is 21.7 Å². The molecule has 1 amide bonds. The minimum atomic E-state index is -2.38. The summed E-state index contributed by atoms with van der Waals surface area (Å²) in [7, 11) is 1.66. The molecule has 2 bridgehead atoms. The van der Waals surface area contributed by atoms with Crippen LogP contribution in [0.1, 0.15) is 102 Å². The van der Waals surface area contributed by atoms with Gasteiger partial charge in [0.05, 0.1) is 35.6 Å². The van der Waals surface area contributed by atoms with Crippen LogP contribution in [0.2, 0.25) is 0 Å². The smallest absolute Gasteiger partial charge is 0.338 e. The number of aliphatic hydroxyl groups is 3. The number of carbonyl (C=O) groups excluding carboxylic acids is 6. The van der Waals surface area contributed by atoms with E-state index in [0.29, 0.717) is 24.8 Å². The summed E-state index contributed by atoms with van der Waals surface area (Å²) >= 11 is 0. The summed E-state index contributed by atoms with van der Waals surface area (Å²) in [6.07, 6.45) is -6.69. The highest BCUT2D eigenvalue weighted by molar-refractivity contribution is 5.95. The molecular weight excluding hydrogens is 817 g/mol. The summed E-state index contributed by atoms with van der Waals surface area (Å²) in [4.78, 5) is 87.2. The lowest BCUT2D eigenvalue weighted by molar-refractivity contribution is -0.346. The SMILES string of the molecule is CN=CCCCCC(=O)NC(c1ccccc1)[C@@H](O)C(=O)OC1C[C@@]2(O)[C@@H](OC(=O)c3ccccc3)[C@@H]3[C@]4(OC(C)=O)CO[C@@H]4C[C@H](O)[C@@]3(C)C(=O)[C@H](OC(C)=O)C(=C1C)C2(C)C. The molecule has 4 N–H and O–H groups in total. The minimum absolute atomic E-state index is 0.00549. The number of Topliss-reactive ketones (excluding diaryl/α,β-unsaturated/α-hetero) is 1. The zero-order chi connectivity index (χ0) is 46.1. The number of rotatable bonds is 14. The van der Waals surface area contributed by atoms with Crippen molar-refractivity contribution in [1.82, 2.24) is 5.32 Å². The van der Waals surface area contributed by atoms with E-state index in [4.69, 9.17) is 23.7 Å². The molecule has 3 aliphatic carbocycles. The number of esters is 4. The van der Waals surface area contributed by atoms with Crippen LogP contribution in [0.5, 0.6) is 0 Å². The quantitative estimate of drug-likeness (QED) is 0.0698. The van der Waals surface area contributed by atoms with Crippen LogP contribution in [0.4, 0.5) is 0 Å². The van der Waals surface area contributed by atoms with E-state index in [9.17, 15) is 39.3 Å². The highest BCUT2D eigenvalue weighted by Gasteiger charge is 2.78. The normalized spacial score (nSPS) is 31.7. The van der Waals surface area contributed by atoms with Crippen molar-refractivity contribution in [2.75, 3.05) is 13.7 Å². The average Bonchev–Trinajstić information content (AvgIpc) is 3.23. The van der Waals surface area contributed by atoms with Crippen molar-refractivity contribution in [1.29, 1.82) is 0 Å². The van der Waals surface area contributed by atoms with Gasteiger partial charge in [-0.3, -0.25) is 19.2 Å². The van der Waals surface area contributed by atoms with E-state index >= 15 is 4.79 Å². The number of ketones is 1. The number of benzene rings is 2. The van der Waals surface area contributed by atoms with Crippen molar-refractivity contribution in [3.05, 3.63) is 82.9 Å². The first-order valence-corrected chi connectivity index (χ1v) is 21.3. The second-order valence-corrected chi connectivity index (χ2v) is 17.8. The molecule has 2 saturated carbocycles. The van der Waals surface area contributed by atoms with Crippen LogP contribution in [0, 0.1) is 16.7 Å². The van der Waals surface area contributed by atoms with E-state index in [1.165, 1.54) is 26.0 Å². The number of ether oxygens (including phenoxy) is 5. The number of aliphatic imine (C=N–C) groups is 1. The van der Waals surface area contributed by atoms with Crippen LogP contribution < -0.4 is 5.32 Å². The number of carbonyl (C=O) groups is 6. The monoisotopic (exact) mass is 874 g/mol. The summed E-state index contributed by atoms with van der Waals surface area (Å²) in [5.74, 6) is -6.63. The van der Waals surface area contributed by atoms with Gasteiger partial charge in [-0.25, -0.2) is 9.59 Å². The maximum Gasteiger partial charge on any atom is 0.338 e. The number of nitrogens with one attached hydrogen (secondary N) is 1. The molecule has 1 aliphatic heterocycles. The molecule has 11 atom stereocenters. The lowest BCUT2D eigenvalue weighted by Crippen LogP contribution is -2.82. The fourth-order valence-electron chi connectivity index (χ4n) is 10.3. The fourth-order valence-corrected chi connectivity index (χ4v) is 10.3. The zero-order valence-corrected chi connectivity index (χ0v) is 36.7. The van der Waals surface area contributed by atoms with E-state index in [1.807, 2.05) is 0 Å². The van der Waals surface area contributed by atoms with Gasteiger partial charge in [-0.05, 0) is 68.2 Å². The molecule has 0 aromatic heterocycles. The number of hydrogen-bond donors (Lipinski definition) is 4. The van der Waals surface area contributed by atoms with Crippen molar-refractivity contribution in [3.63, 3.8) is 0 Å². The van der Waals surface area contributed by atoms with Gasteiger partial charge in [-0.15, -0.1) is 0 Å². The van der Waals surface area contributed by atoms with Gasteiger partial charge in [0.15, 0.2) is 23.6 Å². The molecule has 340 valence electrons. The molecule has 0 radical (unpaired) electrons. The summed E-state index contributed by atoms with van der Waals surface area (Å²) in [5, 5.41) is 40.3. The molecule has 2 aromatic carbocycles. The first kappa shape index (κ1) is 47.2. The van der Waals surface area contributed by atoms with Crippen LogP contribution in [-0.2, 0) is 47.7 Å². The number of nitrogens with zero attached hydrogens (tertiary/aromatic N) is 1. The predicted octanol–water partition coefficient (Wildman–Crippen LogP) is 3.68. The van der Waals surface area contributed by atoms with Gasteiger partial charge in [0, 0.05) is 45.6 Å². The average molecular weight is 875 g/mol. The molecule has 16 heteroatoms. The number of amides is 1. The Morgan fingerprint density at radius 3 is 2.19 bits per heavy atom. The Labute approximate surface area is 366 Å². The van der Waals surface area contributed by atoms with Gasteiger partial charge in [-0.2, -0.15) is 0 Å². The van der Waals surface area contributed by atoms with Crippen LogP contribution in [0.15, 0.2) is 76.8 Å². The third-order valence-corrected chi connectivity index (χ3v) is 13.6. The molecule has 63 heavy (non-hydrogen) atoms.